The molecule has 1 amide bonds. The maximum atomic E-state index is 13.3. The molecule has 0 heterocycles. The molecule has 0 bridgehead atoms. The summed E-state index contributed by atoms with van der Waals surface area (Å²) in [5, 5.41) is 12.9. The molecule has 0 unspecified atom stereocenters. The highest BCUT2D eigenvalue weighted by molar-refractivity contribution is 7.89. The second kappa shape index (κ2) is 9.21. The lowest BCUT2D eigenvalue weighted by Crippen LogP contribution is -2.40. The van der Waals surface area contributed by atoms with Crippen LogP contribution < -0.4 is 10.0 Å². The molecule has 10 nitrogen and oxygen atoms in total. The molecule has 0 saturated carbocycles. The van der Waals surface area contributed by atoms with Crippen LogP contribution in [0.25, 0.3) is 0 Å². The fraction of sp³-hybridized carbons (Fsp3) is 0.176. The Kier molecular flexibility index (Phi) is 6.96. The van der Waals surface area contributed by atoms with Crippen molar-refractivity contribution in [3.63, 3.8) is 0 Å². The van der Waals surface area contributed by atoms with E-state index in [1.54, 1.807) is 6.07 Å². The van der Waals surface area contributed by atoms with Gasteiger partial charge in [0.2, 0.25) is 15.8 Å². The number of hydrogen-bond donors (Lipinski definition) is 2. The lowest BCUT2D eigenvalue weighted by Gasteiger charge is -2.13. The van der Waals surface area contributed by atoms with Crippen molar-refractivity contribution in [2.45, 2.75) is 17.9 Å². The van der Waals surface area contributed by atoms with Crippen molar-refractivity contribution in [2.75, 3.05) is 11.9 Å². The van der Waals surface area contributed by atoms with Crippen LogP contribution in [0, 0.1) is 15.9 Å². The third-order valence-corrected chi connectivity index (χ3v) is 5.07. The Labute approximate surface area is 164 Å². The zero-order valence-corrected chi connectivity index (χ0v) is 15.8. The molecule has 0 spiro atoms. The molecular weight excluding hydrogens is 409 g/mol. The number of nitrogens with zero attached hydrogens (tertiary/aromatic N) is 1. The van der Waals surface area contributed by atoms with Crippen molar-refractivity contribution in [1.29, 1.82) is 0 Å². The zero-order chi connectivity index (χ0) is 21.6. The normalized spacial score (nSPS) is 12.1. The third kappa shape index (κ3) is 6.05. The Morgan fingerprint density at radius 1 is 1.21 bits per heavy atom. The minimum absolute atomic E-state index is 0.0460. The summed E-state index contributed by atoms with van der Waals surface area (Å²) in [6.07, 6.45) is 0. The number of carbonyl (C=O) groups excluding carboxylic acids is 2. The molecule has 0 saturated heterocycles. The molecule has 0 aliphatic carbocycles. The van der Waals surface area contributed by atoms with E-state index < -0.39 is 51.0 Å². The monoisotopic (exact) mass is 425 g/mol. The van der Waals surface area contributed by atoms with Crippen LogP contribution in [0.4, 0.5) is 15.8 Å². The number of carbonyl (C=O) groups is 2. The van der Waals surface area contributed by atoms with Gasteiger partial charge in [0.1, 0.15) is 6.04 Å². The predicted octanol–water partition coefficient (Wildman–Crippen LogP) is 1.58. The first-order valence-electron chi connectivity index (χ1n) is 8.08. The van der Waals surface area contributed by atoms with Crippen LogP contribution in [0.5, 0.6) is 0 Å². The molecule has 0 aliphatic heterocycles. The lowest BCUT2D eigenvalue weighted by atomic mass is 10.2. The van der Waals surface area contributed by atoms with E-state index in [1.807, 2.05) is 0 Å². The van der Waals surface area contributed by atoms with Crippen molar-refractivity contribution >= 4 is 33.3 Å². The molecule has 2 N–H and O–H groups in total. The fourth-order valence-electron chi connectivity index (χ4n) is 2.14. The van der Waals surface area contributed by atoms with Gasteiger partial charge in [0.15, 0.2) is 6.61 Å². The number of hydrogen-bond acceptors (Lipinski definition) is 7. The molecule has 0 radical (unpaired) electrons. The molecule has 12 heteroatoms. The van der Waals surface area contributed by atoms with E-state index >= 15 is 0 Å². The van der Waals surface area contributed by atoms with Crippen LogP contribution in [0.1, 0.15) is 6.92 Å². The predicted molar refractivity (Wildman–Crippen MR) is 98.9 cm³/mol. The molecule has 154 valence electrons. The van der Waals surface area contributed by atoms with E-state index in [4.69, 9.17) is 4.74 Å². The van der Waals surface area contributed by atoms with Crippen LogP contribution in [0.2, 0.25) is 0 Å². The average Bonchev–Trinajstić information content (AvgIpc) is 2.67. The lowest BCUT2D eigenvalue weighted by molar-refractivity contribution is -0.387. The Morgan fingerprint density at radius 3 is 2.48 bits per heavy atom. The minimum atomic E-state index is -3.96. The van der Waals surface area contributed by atoms with Gasteiger partial charge in [-0.1, -0.05) is 18.2 Å². The fourth-order valence-corrected chi connectivity index (χ4v) is 3.35. The van der Waals surface area contributed by atoms with Gasteiger partial charge in [0.05, 0.1) is 9.82 Å². The summed E-state index contributed by atoms with van der Waals surface area (Å²) in [6.45, 7) is 0.464. The number of nitro groups is 1. The Morgan fingerprint density at radius 2 is 1.86 bits per heavy atom. The average molecular weight is 425 g/mol. The van der Waals surface area contributed by atoms with E-state index in [-0.39, 0.29) is 10.6 Å². The standard InChI is InChI=1S/C17H16FN3O7S/c1-11(20-29(26,27)13-5-3-2-4-6-13)17(23)28-10-16(22)19-12-7-8-14(18)15(9-12)21(24)25/h2-9,11,20H,10H2,1H3,(H,19,22)/t11-/m0/s1. The van der Waals surface area contributed by atoms with E-state index in [0.29, 0.717) is 0 Å². The SMILES string of the molecule is C[C@H](NS(=O)(=O)c1ccccc1)C(=O)OCC(=O)Nc1ccc(F)c([N+](=O)[O-])c1. The number of sulfonamides is 1. The van der Waals surface area contributed by atoms with Crippen molar-refractivity contribution in [3.8, 4) is 0 Å². The van der Waals surface area contributed by atoms with Crippen molar-refractivity contribution in [1.82, 2.24) is 4.72 Å². The molecule has 2 rings (SSSR count). The van der Waals surface area contributed by atoms with Crippen LogP contribution in [0.15, 0.2) is 53.4 Å². The Balaban J connectivity index is 1.90. The second-order valence-corrected chi connectivity index (χ2v) is 7.45. The van der Waals surface area contributed by atoms with E-state index in [2.05, 4.69) is 10.0 Å². The Bertz CT molecular complexity index is 1030. The summed E-state index contributed by atoms with van der Waals surface area (Å²) < 4.78 is 44.4. The van der Waals surface area contributed by atoms with Gasteiger partial charge in [-0.05, 0) is 31.2 Å². The van der Waals surface area contributed by atoms with Crippen LogP contribution in [-0.2, 0) is 24.3 Å². The van der Waals surface area contributed by atoms with Gasteiger partial charge >= 0.3 is 11.7 Å². The molecule has 0 aliphatic rings. The molecule has 0 fully saturated rings. The maximum absolute atomic E-state index is 13.3. The van der Waals surface area contributed by atoms with Gasteiger partial charge in [-0.3, -0.25) is 19.7 Å². The highest BCUT2D eigenvalue weighted by atomic mass is 32.2. The topological polar surface area (TPSA) is 145 Å². The first-order chi connectivity index (χ1) is 13.6. The summed E-state index contributed by atoms with van der Waals surface area (Å²) >= 11 is 0. The summed E-state index contributed by atoms with van der Waals surface area (Å²) in [5.74, 6) is -2.93. The summed E-state index contributed by atoms with van der Waals surface area (Å²) in [6, 6.07) is 8.78. The molecule has 1 atom stereocenters. The number of nitrogens with one attached hydrogen (secondary N) is 2. The number of rotatable bonds is 8. The molecule has 29 heavy (non-hydrogen) atoms. The van der Waals surface area contributed by atoms with Gasteiger partial charge < -0.3 is 10.1 Å². The number of benzene rings is 2. The van der Waals surface area contributed by atoms with Crippen molar-refractivity contribution < 1.29 is 32.1 Å². The number of halogens is 1. The summed E-state index contributed by atoms with van der Waals surface area (Å²) in [4.78, 5) is 33.4. The highest BCUT2D eigenvalue weighted by Gasteiger charge is 2.23. The second-order valence-electron chi connectivity index (χ2n) is 5.74. The van der Waals surface area contributed by atoms with Gasteiger partial charge in [0.25, 0.3) is 5.91 Å². The molecule has 2 aromatic carbocycles. The molecule has 2 aromatic rings. The minimum Gasteiger partial charge on any atom is -0.454 e. The van der Waals surface area contributed by atoms with Crippen LogP contribution >= 0.6 is 0 Å². The van der Waals surface area contributed by atoms with Gasteiger partial charge in [-0.2, -0.15) is 9.11 Å². The number of ether oxygens (including phenoxy) is 1. The summed E-state index contributed by atoms with van der Waals surface area (Å²) in [5.41, 5.74) is -0.902. The smallest absolute Gasteiger partial charge is 0.324 e. The van der Waals surface area contributed by atoms with Crippen molar-refractivity contribution in [2.24, 2.45) is 0 Å². The Hall–Kier alpha value is -3.38. The molecule has 0 aromatic heterocycles. The van der Waals surface area contributed by atoms with Gasteiger partial charge in [-0.25, -0.2) is 8.42 Å². The molecular formula is C17H16FN3O7S. The van der Waals surface area contributed by atoms with Gasteiger partial charge in [0, 0.05) is 11.8 Å². The van der Waals surface area contributed by atoms with Gasteiger partial charge in [-0.15, -0.1) is 0 Å². The largest absolute Gasteiger partial charge is 0.454 e. The first kappa shape index (κ1) is 21.9. The third-order valence-electron chi connectivity index (χ3n) is 3.51. The first-order valence-corrected chi connectivity index (χ1v) is 9.56. The highest BCUT2D eigenvalue weighted by Crippen LogP contribution is 2.21. The number of nitro benzene ring substituents is 1. The van der Waals surface area contributed by atoms with Crippen LogP contribution in [0.3, 0.4) is 0 Å². The van der Waals surface area contributed by atoms with E-state index in [1.165, 1.54) is 31.2 Å². The zero-order valence-electron chi connectivity index (χ0n) is 15.0. The quantitative estimate of drug-likeness (QED) is 0.371. The number of anilines is 1. The maximum Gasteiger partial charge on any atom is 0.324 e. The number of amides is 1. The van der Waals surface area contributed by atoms with E-state index in [9.17, 15) is 32.5 Å². The van der Waals surface area contributed by atoms with Crippen LogP contribution in [-0.4, -0.2) is 37.9 Å². The van der Waals surface area contributed by atoms with E-state index in [0.717, 1.165) is 18.2 Å². The number of esters is 1. The van der Waals surface area contributed by atoms with Crippen molar-refractivity contribution in [3.05, 3.63) is 64.5 Å². The summed E-state index contributed by atoms with van der Waals surface area (Å²) in [7, 11) is -3.96.